The van der Waals surface area contributed by atoms with Gasteiger partial charge in [-0.2, -0.15) is 0 Å². The van der Waals surface area contributed by atoms with Crippen molar-refractivity contribution >= 4 is 57.2 Å². The zero-order valence-electron chi connectivity index (χ0n) is 46.3. The highest BCUT2D eigenvalue weighted by Crippen LogP contribution is 2.59. The molecule has 2 heterocycles. The quantitative estimate of drug-likeness (QED) is 0.160. The number of benzene rings is 8. The van der Waals surface area contributed by atoms with Gasteiger partial charge in [0.25, 0.3) is 6.71 Å². The summed E-state index contributed by atoms with van der Waals surface area (Å²) in [5, 5.41) is 0. The SMILES string of the molecule is Cc1cc(C)cc(-c2cc3c4c(c2)N(c2ccc(C(C)(C)C)cc2)c2c(cc5c(c2N(c2ccc(C(C)(C)C)cc2)c2ccc(C(C)(C)C)cc2)-c2ccccc2C5(C)C)B4c2cc(C(C)(C)C)ccc2O3)c1. The molecule has 8 aromatic carbocycles. The first-order valence-electron chi connectivity index (χ1n) is 26.6. The molecule has 2 aliphatic heterocycles. The third-order valence-electron chi connectivity index (χ3n) is 16.2. The van der Waals surface area contributed by atoms with Gasteiger partial charge < -0.3 is 14.5 Å². The number of ether oxygens (including phenoxy) is 1. The summed E-state index contributed by atoms with van der Waals surface area (Å²) in [4.78, 5) is 5.23. The first kappa shape index (κ1) is 48.5. The Balaban J connectivity index is 1.35. The highest BCUT2D eigenvalue weighted by atomic mass is 16.5. The predicted octanol–water partition coefficient (Wildman–Crippen LogP) is 17.3. The molecule has 3 aliphatic rings. The molecule has 11 rings (SSSR count). The molecule has 0 N–H and O–H groups in total. The number of aryl methyl sites for hydroxylation is 2. The van der Waals surface area contributed by atoms with E-state index in [1.807, 2.05) is 0 Å². The Hall–Kier alpha value is -6.78. The molecule has 0 saturated carbocycles. The van der Waals surface area contributed by atoms with Crippen LogP contribution in [0.5, 0.6) is 11.5 Å². The van der Waals surface area contributed by atoms with Gasteiger partial charge in [0.1, 0.15) is 11.5 Å². The van der Waals surface area contributed by atoms with E-state index in [0.717, 1.165) is 39.8 Å². The van der Waals surface area contributed by atoms with Crippen LogP contribution in [-0.4, -0.2) is 6.71 Å². The second-order valence-corrected chi connectivity index (χ2v) is 26.1. The van der Waals surface area contributed by atoms with Crippen LogP contribution < -0.4 is 30.9 Å². The van der Waals surface area contributed by atoms with E-state index in [1.165, 1.54) is 89.0 Å². The van der Waals surface area contributed by atoms with Crippen LogP contribution in [0.2, 0.25) is 0 Å². The maximum absolute atomic E-state index is 7.32. The first-order chi connectivity index (χ1) is 34.3. The maximum atomic E-state index is 7.32. The van der Waals surface area contributed by atoms with Crippen molar-refractivity contribution in [3.8, 4) is 33.8 Å². The molecule has 73 heavy (non-hydrogen) atoms. The van der Waals surface area contributed by atoms with Crippen molar-refractivity contribution in [3.05, 3.63) is 196 Å². The summed E-state index contributed by atoms with van der Waals surface area (Å²) in [6.07, 6.45) is 0. The van der Waals surface area contributed by atoms with Crippen LogP contribution in [-0.2, 0) is 27.1 Å². The van der Waals surface area contributed by atoms with E-state index in [-0.39, 0.29) is 33.8 Å². The molecule has 0 atom stereocenters. The van der Waals surface area contributed by atoms with E-state index < -0.39 is 0 Å². The summed E-state index contributed by atoms with van der Waals surface area (Å²) in [6, 6.07) is 58.8. The second-order valence-electron chi connectivity index (χ2n) is 26.1. The molecular weight excluding hydrogens is 884 g/mol. The first-order valence-corrected chi connectivity index (χ1v) is 26.6. The lowest BCUT2D eigenvalue weighted by atomic mass is 9.33. The van der Waals surface area contributed by atoms with Crippen molar-refractivity contribution in [3.63, 3.8) is 0 Å². The molecule has 0 unspecified atom stereocenters. The van der Waals surface area contributed by atoms with Gasteiger partial charge in [-0.05, 0) is 157 Å². The van der Waals surface area contributed by atoms with Gasteiger partial charge in [-0.15, -0.1) is 0 Å². The lowest BCUT2D eigenvalue weighted by Crippen LogP contribution is -2.60. The van der Waals surface area contributed by atoms with Gasteiger partial charge in [-0.3, -0.25) is 0 Å². The number of fused-ring (bicyclic) bond motifs is 7. The molecular formula is C69H73BN2O. The van der Waals surface area contributed by atoms with E-state index in [1.54, 1.807) is 0 Å². The van der Waals surface area contributed by atoms with E-state index >= 15 is 0 Å². The Morgan fingerprint density at radius 2 is 0.986 bits per heavy atom. The minimum Gasteiger partial charge on any atom is -0.458 e. The highest BCUT2D eigenvalue weighted by Gasteiger charge is 2.48. The zero-order valence-corrected chi connectivity index (χ0v) is 46.3. The van der Waals surface area contributed by atoms with Crippen LogP contribution in [0.15, 0.2) is 152 Å². The molecule has 0 fully saturated rings. The van der Waals surface area contributed by atoms with Gasteiger partial charge in [-0.25, -0.2) is 0 Å². The van der Waals surface area contributed by atoms with Gasteiger partial charge in [0.05, 0.1) is 11.4 Å². The molecule has 4 heteroatoms. The molecule has 0 saturated heterocycles. The number of hydrogen-bond acceptors (Lipinski definition) is 3. The Morgan fingerprint density at radius 1 is 0.479 bits per heavy atom. The van der Waals surface area contributed by atoms with Gasteiger partial charge in [0.15, 0.2) is 0 Å². The van der Waals surface area contributed by atoms with Crippen molar-refractivity contribution in [2.75, 3.05) is 9.80 Å². The zero-order chi connectivity index (χ0) is 51.9. The number of rotatable bonds is 5. The minimum absolute atomic E-state index is 0.0127. The van der Waals surface area contributed by atoms with Crippen molar-refractivity contribution in [1.82, 2.24) is 0 Å². The van der Waals surface area contributed by atoms with Gasteiger partial charge in [0.2, 0.25) is 0 Å². The molecule has 3 nitrogen and oxygen atoms in total. The fourth-order valence-electron chi connectivity index (χ4n) is 12.0. The fourth-order valence-corrected chi connectivity index (χ4v) is 12.0. The average molecular weight is 957 g/mol. The highest BCUT2D eigenvalue weighted by molar-refractivity contribution is 6.99. The predicted molar refractivity (Wildman–Crippen MR) is 314 cm³/mol. The van der Waals surface area contributed by atoms with Crippen LogP contribution in [0.25, 0.3) is 22.3 Å². The second kappa shape index (κ2) is 16.6. The standard InChI is InChI=1S/C69H73BN2O/c1-42-35-43(2)37-44(36-42)45-38-58-62-60(39-45)73-59-34-27-49(68(12,13)14)40-56(59)70(62)57-41-55-61(53-19-17-18-20-54(53)69(55,15)16)64(63(57)72(58)52-32-25-48(26-33-52)67(9,10)11)71(50-28-21-46(22-29-50)65(3,4)5)51-30-23-47(24-31-51)66(6,7)8/h17-41H,1-16H3. The van der Waals surface area contributed by atoms with Crippen molar-refractivity contribution in [2.45, 2.75) is 138 Å². The molecule has 1 aliphatic carbocycles. The Morgan fingerprint density at radius 3 is 1.53 bits per heavy atom. The summed E-state index contributed by atoms with van der Waals surface area (Å²) < 4.78 is 7.32. The van der Waals surface area contributed by atoms with E-state index in [2.05, 4.69) is 272 Å². The van der Waals surface area contributed by atoms with Crippen LogP contribution in [0.3, 0.4) is 0 Å². The molecule has 0 aromatic heterocycles. The summed E-state index contributed by atoms with van der Waals surface area (Å²) in [5.41, 5.74) is 25.4. The summed E-state index contributed by atoms with van der Waals surface area (Å²) in [6.45, 7) is 36.9. The van der Waals surface area contributed by atoms with E-state index in [4.69, 9.17) is 4.74 Å². The van der Waals surface area contributed by atoms with Crippen molar-refractivity contribution in [1.29, 1.82) is 0 Å². The number of anilines is 6. The topological polar surface area (TPSA) is 15.7 Å². The smallest absolute Gasteiger partial charge is 0.256 e. The fraction of sp³-hybridized carbons (Fsp3) is 0.304. The van der Waals surface area contributed by atoms with E-state index in [9.17, 15) is 0 Å². The largest absolute Gasteiger partial charge is 0.458 e. The number of nitrogens with zero attached hydrogens (tertiary/aromatic N) is 2. The summed E-state index contributed by atoms with van der Waals surface area (Å²) >= 11 is 0. The van der Waals surface area contributed by atoms with Crippen LogP contribution >= 0.6 is 0 Å². The molecule has 0 spiro atoms. The Labute approximate surface area is 437 Å². The summed E-state index contributed by atoms with van der Waals surface area (Å²) in [7, 11) is 0. The summed E-state index contributed by atoms with van der Waals surface area (Å²) in [5.74, 6) is 1.83. The van der Waals surface area contributed by atoms with Gasteiger partial charge in [-0.1, -0.05) is 205 Å². The van der Waals surface area contributed by atoms with Crippen LogP contribution in [0.1, 0.15) is 141 Å². The third kappa shape index (κ3) is 8.12. The Bertz CT molecular complexity index is 3420. The lowest BCUT2D eigenvalue weighted by Gasteiger charge is -2.44. The number of hydrogen-bond donors (Lipinski definition) is 0. The van der Waals surface area contributed by atoms with Gasteiger partial charge in [0, 0.05) is 33.7 Å². The normalized spacial score (nSPS) is 14.5. The Kier molecular flexibility index (Phi) is 11.0. The molecule has 368 valence electrons. The average Bonchev–Trinajstić information content (AvgIpc) is 3.55. The maximum Gasteiger partial charge on any atom is 0.256 e. The molecule has 0 radical (unpaired) electrons. The minimum atomic E-state index is -0.302. The monoisotopic (exact) mass is 957 g/mol. The molecule has 0 amide bonds. The lowest BCUT2D eigenvalue weighted by molar-refractivity contribution is 0.486. The van der Waals surface area contributed by atoms with Crippen LogP contribution in [0.4, 0.5) is 34.1 Å². The third-order valence-corrected chi connectivity index (χ3v) is 16.2. The molecule has 8 aromatic rings. The van der Waals surface area contributed by atoms with E-state index in [0.29, 0.717) is 0 Å². The van der Waals surface area contributed by atoms with Crippen molar-refractivity contribution in [2.24, 2.45) is 0 Å². The molecule has 0 bridgehead atoms. The van der Waals surface area contributed by atoms with Crippen molar-refractivity contribution < 1.29 is 4.74 Å². The van der Waals surface area contributed by atoms with Gasteiger partial charge >= 0.3 is 0 Å². The van der Waals surface area contributed by atoms with Crippen LogP contribution in [0, 0.1) is 13.8 Å².